The molecule has 3 aromatic rings. The van der Waals surface area contributed by atoms with Crippen LogP contribution in [0.1, 0.15) is 18.1 Å². The summed E-state index contributed by atoms with van der Waals surface area (Å²) in [5.41, 5.74) is 4.31. The van der Waals surface area contributed by atoms with E-state index >= 15 is 0 Å². The largest absolute Gasteiger partial charge is 0.489 e. The molecule has 4 nitrogen and oxygen atoms in total. The van der Waals surface area contributed by atoms with Crippen LogP contribution in [-0.2, 0) is 17.8 Å². The lowest BCUT2D eigenvalue weighted by Gasteiger charge is -2.23. The number of carbonyl (C=O) groups excluding carboxylic acids is 1. The normalized spacial score (nSPS) is 15.2. The highest BCUT2D eigenvalue weighted by Gasteiger charge is 2.30. The monoisotopic (exact) mass is 372 g/mol. The second-order valence-electron chi connectivity index (χ2n) is 7.10. The Kier molecular flexibility index (Phi) is 5.29. The molecule has 28 heavy (non-hydrogen) atoms. The van der Waals surface area contributed by atoms with E-state index in [4.69, 9.17) is 4.74 Å². The summed E-state index contributed by atoms with van der Waals surface area (Å²) in [4.78, 5) is 14.7. The van der Waals surface area contributed by atoms with Crippen LogP contribution in [0.25, 0.3) is 0 Å². The minimum atomic E-state index is 0.0851. The molecule has 0 spiro atoms. The van der Waals surface area contributed by atoms with E-state index in [-0.39, 0.29) is 18.5 Å². The summed E-state index contributed by atoms with van der Waals surface area (Å²) in [5.74, 6) is 0.893. The highest BCUT2D eigenvalue weighted by atomic mass is 16.5. The van der Waals surface area contributed by atoms with Crippen molar-refractivity contribution >= 4 is 17.3 Å². The molecule has 0 radical (unpaired) electrons. The van der Waals surface area contributed by atoms with Gasteiger partial charge in [0.15, 0.2) is 0 Å². The maximum absolute atomic E-state index is 12.8. The lowest BCUT2D eigenvalue weighted by Crippen LogP contribution is -2.39. The van der Waals surface area contributed by atoms with Gasteiger partial charge < -0.3 is 15.0 Å². The third kappa shape index (κ3) is 4.01. The number of ether oxygens (including phenoxy) is 1. The Morgan fingerprint density at radius 1 is 1.00 bits per heavy atom. The van der Waals surface area contributed by atoms with Crippen LogP contribution in [0.4, 0.5) is 11.4 Å². The van der Waals surface area contributed by atoms with Crippen LogP contribution in [0.15, 0.2) is 78.9 Å². The first-order chi connectivity index (χ1) is 13.7. The molecule has 1 aliphatic rings. The molecule has 0 saturated heterocycles. The van der Waals surface area contributed by atoms with Gasteiger partial charge in [-0.3, -0.25) is 4.79 Å². The second kappa shape index (κ2) is 8.17. The maximum Gasteiger partial charge on any atom is 0.246 e. The van der Waals surface area contributed by atoms with Gasteiger partial charge >= 0.3 is 0 Å². The van der Waals surface area contributed by atoms with Crippen molar-refractivity contribution in [2.45, 2.75) is 26.0 Å². The minimum Gasteiger partial charge on any atom is -0.489 e. The molecule has 1 amide bonds. The molecule has 142 valence electrons. The Hall–Kier alpha value is -3.27. The van der Waals surface area contributed by atoms with E-state index in [1.54, 1.807) is 0 Å². The standard InChI is InChI=1S/C24H24N2O2/c1-18-15-20-9-5-6-10-23(20)26(18)24(27)16-25-21-11-13-22(14-12-21)28-17-19-7-3-2-4-8-19/h2-14,18,25H,15-17H2,1H3. The number of nitrogens with zero attached hydrogens (tertiary/aromatic N) is 1. The Balaban J connectivity index is 1.32. The van der Waals surface area contributed by atoms with Gasteiger partial charge in [-0.25, -0.2) is 0 Å². The van der Waals surface area contributed by atoms with Crippen LogP contribution in [-0.4, -0.2) is 18.5 Å². The number of rotatable bonds is 6. The van der Waals surface area contributed by atoms with E-state index in [1.807, 2.05) is 77.7 Å². The zero-order valence-electron chi connectivity index (χ0n) is 16.0. The summed E-state index contributed by atoms with van der Waals surface area (Å²) in [6.45, 7) is 2.90. The molecule has 3 aromatic carbocycles. The summed E-state index contributed by atoms with van der Waals surface area (Å²) in [6, 6.07) is 26.1. The van der Waals surface area contributed by atoms with Gasteiger partial charge in [0.05, 0.1) is 6.54 Å². The topological polar surface area (TPSA) is 41.6 Å². The molecule has 0 bridgehead atoms. The van der Waals surface area contributed by atoms with Crippen molar-refractivity contribution in [3.63, 3.8) is 0 Å². The number of fused-ring (bicyclic) bond motifs is 1. The highest BCUT2D eigenvalue weighted by Crippen LogP contribution is 2.31. The van der Waals surface area contributed by atoms with Crippen molar-refractivity contribution in [3.05, 3.63) is 90.0 Å². The van der Waals surface area contributed by atoms with Gasteiger partial charge in [0.1, 0.15) is 12.4 Å². The van der Waals surface area contributed by atoms with Gasteiger partial charge in [-0.15, -0.1) is 0 Å². The molecule has 0 aliphatic carbocycles. The molecule has 1 atom stereocenters. The van der Waals surface area contributed by atoms with E-state index in [0.29, 0.717) is 6.61 Å². The molecular formula is C24H24N2O2. The average molecular weight is 372 g/mol. The first kappa shape index (κ1) is 18.1. The molecule has 4 rings (SSSR count). The van der Waals surface area contributed by atoms with Crippen LogP contribution in [0.3, 0.4) is 0 Å². The maximum atomic E-state index is 12.8. The Morgan fingerprint density at radius 3 is 2.50 bits per heavy atom. The minimum absolute atomic E-state index is 0.0851. The Morgan fingerprint density at radius 2 is 1.71 bits per heavy atom. The van der Waals surface area contributed by atoms with E-state index in [0.717, 1.165) is 29.1 Å². The summed E-state index contributed by atoms with van der Waals surface area (Å²) in [6.07, 6.45) is 0.912. The average Bonchev–Trinajstić information content (AvgIpc) is 3.08. The molecule has 1 N–H and O–H groups in total. The number of anilines is 2. The number of benzene rings is 3. The fourth-order valence-electron chi connectivity index (χ4n) is 3.62. The van der Waals surface area contributed by atoms with Gasteiger partial charge in [-0.1, -0.05) is 48.5 Å². The van der Waals surface area contributed by atoms with Gasteiger partial charge in [-0.05, 0) is 54.8 Å². The first-order valence-electron chi connectivity index (χ1n) is 9.61. The smallest absolute Gasteiger partial charge is 0.246 e. The number of hydrogen-bond donors (Lipinski definition) is 1. The summed E-state index contributed by atoms with van der Waals surface area (Å²) >= 11 is 0. The Bertz CT molecular complexity index is 938. The van der Waals surface area contributed by atoms with Crippen LogP contribution >= 0.6 is 0 Å². The zero-order chi connectivity index (χ0) is 19.3. The molecular weight excluding hydrogens is 348 g/mol. The SMILES string of the molecule is CC1Cc2ccccc2N1C(=O)CNc1ccc(OCc2ccccc2)cc1. The number of carbonyl (C=O) groups is 1. The molecule has 1 unspecified atom stereocenters. The quantitative estimate of drug-likeness (QED) is 0.684. The van der Waals surface area contributed by atoms with E-state index in [9.17, 15) is 4.79 Å². The van der Waals surface area contributed by atoms with Crippen molar-refractivity contribution in [2.24, 2.45) is 0 Å². The molecule has 0 aromatic heterocycles. The zero-order valence-corrected chi connectivity index (χ0v) is 16.0. The van der Waals surface area contributed by atoms with Crippen LogP contribution in [0.2, 0.25) is 0 Å². The number of hydrogen-bond acceptors (Lipinski definition) is 3. The van der Waals surface area contributed by atoms with Gasteiger partial charge in [0, 0.05) is 17.4 Å². The number of nitrogens with one attached hydrogen (secondary N) is 1. The fraction of sp³-hybridized carbons (Fsp3) is 0.208. The fourth-order valence-corrected chi connectivity index (χ4v) is 3.62. The van der Waals surface area contributed by atoms with Gasteiger partial charge in [0.25, 0.3) is 0 Å². The lowest BCUT2D eigenvalue weighted by atomic mass is 10.1. The van der Waals surface area contributed by atoms with Crippen molar-refractivity contribution in [1.82, 2.24) is 0 Å². The van der Waals surface area contributed by atoms with Crippen LogP contribution in [0, 0.1) is 0 Å². The predicted molar refractivity (Wildman–Crippen MR) is 113 cm³/mol. The molecule has 4 heteroatoms. The molecule has 1 heterocycles. The highest BCUT2D eigenvalue weighted by molar-refractivity contribution is 5.98. The third-order valence-corrected chi connectivity index (χ3v) is 5.02. The molecule has 0 saturated carbocycles. The number of amides is 1. The van der Waals surface area contributed by atoms with E-state index in [2.05, 4.69) is 18.3 Å². The van der Waals surface area contributed by atoms with Crippen molar-refractivity contribution in [1.29, 1.82) is 0 Å². The summed E-state index contributed by atoms with van der Waals surface area (Å²) in [5, 5.41) is 3.23. The van der Waals surface area contributed by atoms with E-state index < -0.39 is 0 Å². The first-order valence-corrected chi connectivity index (χ1v) is 9.61. The van der Waals surface area contributed by atoms with Crippen molar-refractivity contribution in [3.8, 4) is 5.75 Å². The summed E-state index contributed by atoms with van der Waals surface area (Å²) < 4.78 is 5.80. The Labute approximate surface area is 165 Å². The van der Waals surface area contributed by atoms with E-state index in [1.165, 1.54) is 5.56 Å². The second-order valence-corrected chi connectivity index (χ2v) is 7.10. The van der Waals surface area contributed by atoms with Gasteiger partial charge in [0.2, 0.25) is 5.91 Å². The number of para-hydroxylation sites is 1. The third-order valence-electron chi connectivity index (χ3n) is 5.02. The van der Waals surface area contributed by atoms with Crippen molar-refractivity contribution in [2.75, 3.05) is 16.8 Å². The summed E-state index contributed by atoms with van der Waals surface area (Å²) in [7, 11) is 0. The van der Waals surface area contributed by atoms with Crippen LogP contribution in [0.5, 0.6) is 5.75 Å². The van der Waals surface area contributed by atoms with Crippen molar-refractivity contribution < 1.29 is 9.53 Å². The molecule has 0 fully saturated rings. The predicted octanol–water partition coefficient (Wildman–Crippen LogP) is 4.66. The van der Waals surface area contributed by atoms with Gasteiger partial charge in [-0.2, -0.15) is 0 Å². The molecule has 1 aliphatic heterocycles. The lowest BCUT2D eigenvalue weighted by molar-refractivity contribution is -0.117. The van der Waals surface area contributed by atoms with Crippen LogP contribution < -0.4 is 15.0 Å².